The maximum Gasteiger partial charge on any atom is 0.308 e. The van der Waals surface area contributed by atoms with Gasteiger partial charge in [0.2, 0.25) is 5.95 Å². The summed E-state index contributed by atoms with van der Waals surface area (Å²) in [5, 5.41) is 11.2. The number of carbonyl (C=O) groups is 2. The SMILES string of the molecule is CC(NC(=O)c1ccnc(F)c1)C(C)C(=O)O. The molecule has 1 amide bonds. The predicted octanol–water partition coefficient (Wildman–Crippen LogP) is 1.06. The first-order valence-corrected chi connectivity index (χ1v) is 5.07. The van der Waals surface area contributed by atoms with Gasteiger partial charge in [0.1, 0.15) is 0 Å². The molecule has 0 bridgehead atoms. The van der Waals surface area contributed by atoms with E-state index in [2.05, 4.69) is 10.3 Å². The Kier molecular flexibility index (Phi) is 4.14. The van der Waals surface area contributed by atoms with E-state index in [0.717, 1.165) is 6.07 Å². The molecule has 5 nitrogen and oxygen atoms in total. The van der Waals surface area contributed by atoms with Crippen molar-refractivity contribution >= 4 is 11.9 Å². The molecule has 2 unspecified atom stereocenters. The number of pyridine rings is 1. The number of halogens is 1. The molecule has 17 heavy (non-hydrogen) atoms. The Morgan fingerprint density at radius 2 is 2.12 bits per heavy atom. The van der Waals surface area contributed by atoms with E-state index in [4.69, 9.17) is 5.11 Å². The van der Waals surface area contributed by atoms with Gasteiger partial charge in [-0.25, -0.2) is 4.98 Å². The third-order valence-electron chi connectivity index (χ3n) is 2.49. The fraction of sp³-hybridized carbons (Fsp3) is 0.364. The Bertz CT molecular complexity index is 436. The number of amides is 1. The second-order valence-electron chi connectivity index (χ2n) is 3.76. The van der Waals surface area contributed by atoms with Crippen molar-refractivity contribution in [3.05, 3.63) is 29.8 Å². The molecule has 0 saturated carbocycles. The van der Waals surface area contributed by atoms with Crippen LogP contribution in [0.25, 0.3) is 0 Å². The minimum atomic E-state index is -1.00. The van der Waals surface area contributed by atoms with Crippen molar-refractivity contribution < 1.29 is 19.1 Å². The lowest BCUT2D eigenvalue weighted by molar-refractivity contribution is -0.141. The highest BCUT2D eigenvalue weighted by Crippen LogP contribution is 2.05. The highest BCUT2D eigenvalue weighted by Gasteiger charge is 2.21. The monoisotopic (exact) mass is 240 g/mol. The number of hydrogen-bond acceptors (Lipinski definition) is 3. The first kappa shape index (κ1) is 13.1. The molecular weight excluding hydrogens is 227 g/mol. The molecule has 2 atom stereocenters. The van der Waals surface area contributed by atoms with Crippen LogP contribution in [0.2, 0.25) is 0 Å². The standard InChI is InChI=1S/C11H13FN2O3/c1-6(11(16)17)7(2)14-10(15)8-3-4-13-9(12)5-8/h3-7H,1-2H3,(H,14,15)(H,16,17). The molecule has 0 aliphatic carbocycles. The van der Waals surface area contributed by atoms with Crippen molar-refractivity contribution in [2.24, 2.45) is 5.92 Å². The maximum atomic E-state index is 12.8. The molecule has 1 rings (SSSR count). The molecule has 1 heterocycles. The van der Waals surface area contributed by atoms with Gasteiger partial charge in [-0.2, -0.15) is 4.39 Å². The summed E-state index contributed by atoms with van der Waals surface area (Å²) in [6, 6.07) is 1.81. The number of carbonyl (C=O) groups excluding carboxylic acids is 1. The van der Waals surface area contributed by atoms with Crippen molar-refractivity contribution in [2.45, 2.75) is 19.9 Å². The molecule has 6 heteroatoms. The molecule has 0 radical (unpaired) electrons. The Morgan fingerprint density at radius 3 is 2.65 bits per heavy atom. The largest absolute Gasteiger partial charge is 0.481 e. The van der Waals surface area contributed by atoms with Gasteiger partial charge in [0, 0.05) is 23.9 Å². The van der Waals surface area contributed by atoms with Crippen LogP contribution in [0.1, 0.15) is 24.2 Å². The second kappa shape index (κ2) is 5.38. The summed E-state index contributed by atoms with van der Waals surface area (Å²) in [6.45, 7) is 3.06. The van der Waals surface area contributed by atoms with Gasteiger partial charge in [0.25, 0.3) is 5.91 Å². The molecule has 2 N–H and O–H groups in total. The number of aliphatic carboxylic acids is 1. The van der Waals surface area contributed by atoms with Gasteiger partial charge in [-0.15, -0.1) is 0 Å². The van der Waals surface area contributed by atoms with Gasteiger partial charge < -0.3 is 10.4 Å². The van der Waals surface area contributed by atoms with Crippen molar-refractivity contribution in [3.63, 3.8) is 0 Å². The molecule has 0 spiro atoms. The Labute approximate surface area is 97.7 Å². The molecule has 0 aromatic carbocycles. The summed E-state index contributed by atoms with van der Waals surface area (Å²) in [4.78, 5) is 25.7. The summed E-state index contributed by atoms with van der Waals surface area (Å²) in [5.74, 6) is -2.99. The molecule has 0 aliphatic rings. The van der Waals surface area contributed by atoms with Crippen molar-refractivity contribution in [1.29, 1.82) is 0 Å². The first-order valence-electron chi connectivity index (χ1n) is 5.07. The van der Waals surface area contributed by atoms with E-state index in [1.807, 2.05) is 0 Å². The Hall–Kier alpha value is -1.98. The second-order valence-corrected chi connectivity index (χ2v) is 3.76. The first-order chi connectivity index (χ1) is 7.91. The van der Waals surface area contributed by atoms with E-state index in [1.54, 1.807) is 6.92 Å². The maximum absolute atomic E-state index is 12.8. The van der Waals surface area contributed by atoms with E-state index >= 15 is 0 Å². The van der Waals surface area contributed by atoms with Gasteiger partial charge >= 0.3 is 5.97 Å². The minimum absolute atomic E-state index is 0.113. The quantitative estimate of drug-likeness (QED) is 0.771. The van der Waals surface area contributed by atoms with Gasteiger partial charge in [0.05, 0.1) is 5.92 Å². The van der Waals surface area contributed by atoms with E-state index in [9.17, 15) is 14.0 Å². The zero-order valence-electron chi connectivity index (χ0n) is 9.48. The summed E-state index contributed by atoms with van der Waals surface area (Å²) in [7, 11) is 0. The summed E-state index contributed by atoms with van der Waals surface area (Å²) < 4.78 is 12.8. The zero-order chi connectivity index (χ0) is 13.0. The van der Waals surface area contributed by atoms with Crippen LogP contribution in [0.4, 0.5) is 4.39 Å². The van der Waals surface area contributed by atoms with Crippen LogP contribution < -0.4 is 5.32 Å². The predicted molar refractivity (Wildman–Crippen MR) is 57.9 cm³/mol. The highest BCUT2D eigenvalue weighted by molar-refractivity contribution is 5.94. The van der Waals surface area contributed by atoms with Crippen LogP contribution in [0, 0.1) is 11.9 Å². The molecular formula is C11H13FN2O3. The highest BCUT2D eigenvalue weighted by atomic mass is 19.1. The fourth-order valence-electron chi connectivity index (χ4n) is 1.17. The van der Waals surface area contributed by atoms with Gasteiger partial charge in [-0.3, -0.25) is 9.59 Å². The van der Waals surface area contributed by atoms with Crippen LogP contribution >= 0.6 is 0 Å². The molecule has 92 valence electrons. The van der Waals surface area contributed by atoms with Gasteiger partial charge in [-0.05, 0) is 19.9 Å². The van der Waals surface area contributed by atoms with Crippen molar-refractivity contribution in [2.75, 3.05) is 0 Å². The molecule has 0 saturated heterocycles. The van der Waals surface area contributed by atoms with E-state index < -0.39 is 29.8 Å². The number of nitrogens with one attached hydrogen (secondary N) is 1. The fourth-order valence-corrected chi connectivity index (χ4v) is 1.17. The Morgan fingerprint density at radius 1 is 1.47 bits per heavy atom. The Balaban J connectivity index is 2.70. The molecule has 0 fully saturated rings. The number of nitrogens with zero attached hydrogens (tertiary/aromatic N) is 1. The average molecular weight is 240 g/mol. The lowest BCUT2D eigenvalue weighted by Gasteiger charge is -2.17. The number of carboxylic acids is 1. The average Bonchev–Trinajstić information content (AvgIpc) is 2.27. The van der Waals surface area contributed by atoms with E-state index in [-0.39, 0.29) is 5.56 Å². The van der Waals surface area contributed by atoms with E-state index in [0.29, 0.717) is 0 Å². The lowest BCUT2D eigenvalue weighted by Crippen LogP contribution is -2.40. The van der Waals surface area contributed by atoms with Crippen LogP contribution in [0.15, 0.2) is 18.3 Å². The van der Waals surface area contributed by atoms with Gasteiger partial charge in [0.15, 0.2) is 0 Å². The number of hydrogen-bond donors (Lipinski definition) is 2. The lowest BCUT2D eigenvalue weighted by atomic mass is 10.0. The third kappa shape index (κ3) is 3.51. The van der Waals surface area contributed by atoms with Crippen LogP contribution in [-0.2, 0) is 4.79 Å². The molecule has 1 aromatic rings. The summed E-state index contributed by atoms with van der Waals surface area (Å²) in [6.07, 6.45) is 1.18. The smallest absolute Gasteiger partial charge is 0.308 e. The minimum Gasteiger partial charge on any atom is -0.481 e. The van der Waals surface area contributed by atoms with Crippen LogP contribution in [-0.4, -0.2) is 28.0 Å². The normalized spacial score (nSPS) is 13.8. The van der Waals surface area contributed by atoms with Crippen LogP contribution in [0.3, 0.4) is 0 Å². The van der Waals surface area contributed by atoms with Crippen molar-refractivity contribution in [1.82, 2.24) is 10.3 Å². The summed E-state index contributed by atoms with van der Waals surface area (Å²) >= 11 is 0. The number of carboxylic acid groups (broad SMARTS) is 1. The molecule has 0 aliphatic heterocycles. The third-order valence-corrected chi connectivity index (χ3v) is 2.49. The number of rotatable bonds is 4. The van der Waals surface area contributed by atoms with Gasteiger partial charge in [-0.1, -0.05) is 0 Å². The zero-order valence-corrected chi connectivity index (χ0v) is 9.48. The topological polar surface area (TPSA) is 79.3 Å². The van der Waals surface area contributed by atoms with Crippen LogP contribution in [0.5, 0.6) is 0 Å². The van der Waals surface area contributed by atoms with E-state index in [1.165, 1.54) is 19.2 Å². The molecule has 1 aromatic heterocycles. The number of aromatic nitrogens is 1. The van der Waals surface area contributed by atoms with Crippen molar-refractivity contribution in [3.8, 4) is 0 Å². The summed E-state index contributed by atoms with van der Waals surface area (Å²) in [5.41, 5.74) is 0.113.